The summed E-state index contributed by atoms with van der Waals surface area (Å²) < 4.78 is 14.6. The van der Waals surface area contributed by atoms with Crippen LogP contribution in [-0.2, 0) is 6.54 Å². The Morgan fingerprint density at radius 2 is 1.82 bits per heavy atom. The van der Waals surface area contributed by atoms with Crippen LogP contribution in [0.15, 0.2) is 76.9 Å². The van der Waals surface area contributed by atoms with Crippen LogP contribution in [0, 0.1) is 17.6 Å². The number of H-pyrrole nitrogens is 1. The van der Waals surface area contributed by atoms with E-state index >= 15 is 0 Å². The molecule has 0 saturated carbocycles. The lowest BCUT2D eigenvalue weighted by molar-refractivity contribution is 0.100. The van der Waals surface area contributed by atoms with E-state index in [9.17, 15) is 14.1 Å². The van der Waals surface area contributed by atoms with Gasteiger partial charge in [-0.3, -0.25) is 9.79 Å². The highest BCUT2D eigenvalue weighted by molar-refractivity contribution is 6.17. The number of carbonyl (C=O) groups excluding carboxylic acids is 1. The van der Waals surface area contributed by atoms with Gasteiger partial charge in [0.25, 0.3) is 0 Å². The SMILES string of the molecule is Cc1ccc2c(c1)C(c1ccccc1F)=NCc1[nH]c(Nc3ccc(C(=O)N=O)cc3)nc1-2. The third-order valence-corrected chi connectivity index (χ3v) is 5.47. The normalized spacial score (nSPS) is 12.2. The van der Waals surface area contributed by atoms with Gasteiger partial charge in [0.1, 0.15) is 5.82 Å². The van der Waals surface area contributed by atoms with Gasteiger partial charge in [-0.1, -0.05) is 29.8 Å². The van der Waals surface area contributed by atoms with Crippen molar-refractivity contribution in [2.45, 2.75) is 13.5 Å². The summed E-state index contributed by atoms with van der Waals surface area (Å²) in [6.07, 6.45) is 0. The summed E-state index contributed by atoms with van der Waals surface area (Å²) in [5.41, 5.74) is 6.19. The smallest absolute Gasteiger partial charge is 0.316 e. The molecule has 5 rings (SSSR count). The standard InChI is InChI=1S/C25H18FN5O2/c1-14-6-11-17-19(12-14)22(18-4-2-3-5-20(18)26)27-13-21-23(17)30-25(29-21)28-16-9-7-15(8-10-16)24(32)31-33/h2-12H,13H2,1H3,(H2,28,29,30). The average molecular weight is 439 g/mol. The van der Waals surface area contributed by atoms with Gasteiger partial charge in [0.2, 0.25) is 5.95 Å². The number of fused-ring (bicyclic) bond motifs is 3. The predicted molar refractivity (Wildman–Crippen MR) is 124 cm³/mol. The summed E-state index contributed by atoms with van der Waals surface area (Å²) in [5, 5.41) is 5.59. The monoisotopic (exact) mass is 439 g/mol. The van der Waals surface area contributed by atoms with Gasteiger partial charge in [-0.05, 0) is 49.4 Å². The number of halogens is 1. The van der Waals surface area contributed by atoms with Crippen LogP contribution in [0.5, 0.6) is 0 Å². The first-order valence-corrected chi connectivity index (χ1v) is 10.3. The molecule has 8 heteroatoms. The summed E-state index contributed by atoms with van der Waals surface area (Å²) in [6, 6.07) is 18.9. The summed E-state index contributed by atoms with van der Waals surface area (Å²) in [6.45, 7) is 2.29. The molecule has 4 aromatic rings. The Hall–Kier alpha value is -4.46. The fourth-order valence-electron chi connectivity index (χ4n) is 3.88. The van der Waals surface area contributed by atoms with E-state index in [1.54, 1.807) is 30.3 Å². The number of rotatable bonds is 4. The van der Waals surface area contributed by atoms with Crippen molar-refractivity contribution >= 4 is 23.3 Å². The molecule has 2 heterocycles. The number of amides is 1. The molecule has 2 N–H and O–H groups in total. The Morgan fingerprint density at radius 3 is 2.58 bits per heavy atom. The van der Waals surface area contributed by atoms with Crippen LogP contribution in [0.25, 0.3) is 11.3 Å². The second-order valence-corrected chi connectivity index (χ2v) is 7.71. The van der Waals surface area contributed by atoms with E-state index in [1.807, 2.05) is 25.1 Å². The Kier molecular flexibility index (Phi) is 5.10. The molecule has 0 saturated heterocycles. The van der Waals surface area contributed by atoms with E-state index in [0.29, 0.717) is 29.5 Å². The van der Waals surface area contributed by atoms with Crippen molar-refractivity contribution in [1.82, 2.24) is 9.97 Å². The van der Waals surface area contributed by atoms with Crippen molar-refractivity contribution in [1.29, 1.82) is 0 Å². The number of aryl methyl sites for hydroxylation is 1. The molecule has 0 radical (unpaired) electrons. The van der Waals surface area contributed by atoms with Crippen LogP contribution < -0.4 is 5.32 Å². The van der Waals surface area contributed by atoms with Crippen LogP contribution in [0.4, 0.5) is 16.0 Å². The molecular formula is C25H18FN5O2. The largest absolute Gasteiger partial charge is 0.326 e. The van der Waals surface area contributed by atoms with Crippen LogP contribution in [0.3, 0.4) is 0 Å². The third kappa shape index (κ3) is 3.82. The van der Waals surface area contributed by atoms with E-state index in [0.717, 1.165) is 28.1 Å². The van der Waals surface area contributed by atoms with E-state index in [-0.39, 0.29) is 11.4 Å². The number of aliphatic imine (C=N–C) groups is 1. The Balaban J connectivity index is 1.53. The summed E-state index contributed by atoms with van der Waals surface area (Å²) in [4.78, 5) is 34.5. The zero-order chi connectivity index (χ0) is 22.9. The Labute approximate surface area is 188 Å². The van der Waals surface area contributed by atoms with E-state index in [2.05, 4.69) is 15.5 Å². The molecule has 0 fully saturated rings. The average Bonchev–Trinajstić information content (AvgIpc) is 3.16. The minimum atomic E-state index is -0.818. The van der Waals surface area contributed by atoms with Gasteiger partial charge in [0, 0.05) is 33.1 Å². The molecule has 0 bridgehead atoms. The third-order valence-electron chi connectivity index (χ3n) is 5.47. The molecule has 3 aromatic carbocycles. The lowest BCUT2D eigenvalue weighted by Crippen LogP contribution is -2.07. The van der Waals surface area contributed by atoms with Crippen molar-refractivity contribution in [3.63, 3.8) is 0 Å². The maximum Gasteiger partial charge on any atom is 0.316 e. The van der Waals surface area contributed by atoms with Crippen LogP contribution >= 0.6 is 0 Å². The number of aromatic amines is 1. The fraction of sp³-hybridized carbons (Fsp3) is 0.0800. The van der Waals surface area contributed by atoms with Crippen molar-refractivity contribution in [2.75, 3.05) is 5.32 Å². The molecule has 1 aliphatic heterocycles. The van der Waals surface area contributed by atoms with Gasteiger partial charge in [0.15, 0.2) is 0 Å². The number of nitrogens with one attached hydrogen (secondary N) is 2. The highest BCUT2D eigenvalue weighted by atomic mass is 19.1. The molecule has 0 atom stereocenters. The van der Waals surface area contributed by atoms with Crippen LogP contribution in [-0.4, -0.2) is 21.6 Å². The van der Waals surface area contributed by atoms with E-state index in [1.165, 1.54) is 18.2 Å². The highest BCUT2D eigenvalue weighted by Gasteiger charge is 2.23. The van der Waals surface area contributed by atoms with Crippen LogP contribution in [0.1, 0.15) is 32.7 Å². The summed E-state index contributed by atoms with van der Waals surface area (Å²) in [5.74, 6) is -0.637. The molecule has 33 heavy (non-hydrogen) atoms. The number of anilines is 2. The number of benzene rings is 3. The topological polar surface area (TPSA) is 99.6 Å². The molecule has 1 aromatic heterocycles. The zero-order valence-electron chi connectivity index (χ0n) is 17.6. The fourth-order valence-corrected chi connectivity index (χ4v) is 3.88. The molecule has 0 unspecified atom stereocenters. The van der Waals surface area contributed by atoms with Gasteiger partial charge in [-0.2, -0.15) is 0 Å². The first-order valence-electron chi connectivity index (χ1n) is 10.3. The molecule has 0 aliphatic carbocycles. The second kappa shape index (κ2) is 8.23. The zero-order valence-corrected chi connectivity index (χ0v) is 17.6. The molecule has 0 spiro atoms. The summed E-state index contributed by atoms with van der Waals surface area (Å²) in [7, 11) is 0. The Bertz CT molecular complexity index is 1420. The molecular weight excluding hydrogens is 421 g/mol. The first kappa shape index (κ1) is 20.4. The van der Waals surface area contributed by atoms with Crippen molar-refractivity contribution < 1.29 is 9.18 Å². The number of aromatic nitrogens is 2. The number of nitrogens with zero attached hydrogens (tertiary/aromatic N) is 3. The maximum atomic E-state index is 14.6. The van der Waals surface area contributed by atoms with Crippen molar-refractivity contribution in [3.05, 3.63) is 105 Å². The number of hydrogen-bond donors (Lipinski definition) is 2. The molecule has 1 amide bonds. The second-order valence-electron chi connectivity index (χ2n) is 7.71. The quantitative estimate of drug-likeness (QED) is 0.409. The molecule has 7 nitrogen and oxygen atoms in total. The van der Waals surface area contributed by atoms with Crippen LogP contribution in [0.2, 0.25) is 0 Å². The lowest BCUT2D eigenvalue weighted by atomic mass is 9.94. The number of hydrogen-bond acceptors (Lipinski definition) is 5. The number of nitroso groups, excluding NO2 is 1. The van der Waals surface area contributed by atoms with Crippen molar-refractivity contribution in [2.24, 2.45) is 10.2 Å². The minimum absolute atomic E-state index is 0.213. The van der Waals surface area contributed by atoms with E-state index < -0.39 is 5.91 Å². The van der Waals surface area contributed by atoms with Gasteiger partial charge < -0.3 is 10.3 Å². The minimum Gasteiger partial charge on any atom is -0.326 e. The molecule has 162 valence electrons. The highest BCUT2D eigenvalue weighted by Crippen LogP contribution is 2.34. The van der Waals surface area contributed by atoms with E-state index in [4.69, 9.17) is 9.98 Å². The maximum absolute atomic E-state index is 14.6. The van der Waals surface area contributed by atoms with Gasteiger partial charge in [-0.15, -0.1) is 4.91 Å². The summed E-state index contributed by atoms with van der Waals surface area (Å²) >= 11 is 0. The molecule has 1 aliphatic rings. The van der Waals surface area contributed by atoms with Gasteiger partial charge in [-0.25, -0.2) is 9.37 Å². The van der Waals surface area contributed by atoms with Gasteiger partial charge >= 0.3 is 5.91 Å². The van der Waals surface area contributed by atoms with Crippen molar-refractivity contribution in [3.8, 4) is 11.3 Å². The predicted octanol–water partition coefficient (Wildman–Crippen LogP) is 5.53. The van der Waals surface area contributed by atoms with Gasteiger partial charge in [0.05, 0.1) is 23.6 Å². The Morgan fingerprint density at radius 1 is 1.03 bits per heavy atom. The number of imidazole rings is 1. The first-order chi connectivity index (χ1) is 16.0. The lowest BCUT2D eigenvalue weighted by Gasteiger charge is -2.11. The number of carbonyl (C=O) groups is 1.